The zero-order valence-corrected chi connectivity index (χ0v) is 25.1. The number of rotatable bonds is 8. The molecular formula is C34H29F3N4O5. The van der Waals surface area contributed by atoms with E-state index in [0.29, 0.717) is 10.9 Å². The second-order valence-corrected chi connectivity index (χ2v) is 10.7. The molecule has 1 aliphatic carbocycles. The number of methoxy groups -OCH3 is 1. The summed E-state index contributed by atoms with van der Waals surface area (Å²) < 4.78 is 56.5. The van der Waals surface area contributed by atoms with Crippen LogP contribution in [-0.2, 0) is 15.7 Å². The van der Waals surface area contributed by atoms with Gasteiger partial charge >= 0.3 is 18.2 Å². The summed E-state index contributed by atoms with van der Waals surface area (Å²) in [5.41, 5.74) is 3.71. The molecule has 1 aliphatic rings. The first-order chi connectivity index (χ1) is 22.1. The molecule has 0 radical (unpaired) electrons. The molecular weight excluding hydrogens is 601 g/mol. The van der Waals surface area contributed by atoms with E-state index in [1.165, 1.54) is 19.2 Å². The van der Waals surface area contributed by atoms with Gasteiger partial charge in [0.2, 0.25) is 0 Å². The van der Waals surface area contributed by atoms with Crippen molar-refractivity contribution in [1.82, 2.24) is 20.3 Å². The predicted octanol–water partition coefficient (Wildman–Crippen LogP) is 7.43. The Hall–Kier alpha value is -5.39. The maximum atomic E-state index is 13.4. The quantitative estimate of drug-likeness (QED) is 0.171. The van der Waals surface area contributed by atoms with Gasteiger partial charge in [0.05, 0.1) is 25.5 Å². The average Bonchev–Trinajstić information content (AvgIpc) is 3.63. The molecule has 2 aromatic heterocycles. The van der Waals surface area contributed by atoms with Crippen molar-refractivity contribution in [3.05, 3.63) is 101 Å². The third kappa shape index (κ3) is 5.62. The standard InChI is InChI=1S/C34H29F3N4O5/c1-4-45-32(42)30-28(40-31(41-30)24-13-15-26(44-3)29-23(24)14-16-27(39-29)34(35,36)37)18(2)38-33(43)46-17-25-21-11-7-5-9-19(21)20-10-6-8-12-22(20)25/h5-16,18,25H,4,17H2,1-3H3,(H,38,43)(H,40,41)/t18-/m0/s1. The highest BCUT2D eigenvalue weighted by Gasteiger charge is 2.34. The van der Waals surface area contributed by atoms with E-state index < -0.39 is 30.0 Å². The topological polar surface area (TPSA) is 115 Å². The number of amides is 1. The SMILES string of the molecule is CCOC(=O)c1nc(-c2ccc(OC)c3nc(C(F)(F)F)ccc23)[nH]c1[C@H](C)NC(=O)OCC1c2ccccc2-c2ccccc21. The lowest BCUT2D eigenvalue weighted by Gasteiger charge is -2.17. The number of carbonyl (C=O) groups is 2. The number of hydrogen-bond donors (Lipinski definition) is 2. The number of benzene rings is 3. The van der Waals surface area contributed by atoms with Gasteiger partial charge in [-0.15, -0.1) is 0 Å². The molecule has 2 heterocycles. The molecule has 1 atom stereocenters. The van der Waals surface area contributed by atoms with Crippen molar-refractivity contribution in [1.29, 1.82) is 0 Å². The van der Waals surface area contributed by atoms with E-state index in [1.807, 2.05) is 48.5 Å². The smallest absolute Gasteiger partial charge is 0.433 e. The van der Waals surface area contributed by atoms with Crippen molar-refractivity contribution in [2.24, 2.45) is 0 Å². The fourth-order valence-electron chi connectivity index (χ4n) is 5.79. The summed E-state index contributed by atoms with van der Waals surface area (Å²) in [5.74, 6) is -0.588. The van der Waals surface area contributed by atoms with Gasteiger partial charge in [-0.2, -0.15) is 13.2 Å². The molecule has 1 amide bonds. The number of hydrogen-bond acceptors (Lipinski definition) is 7. The van der Waals surface area contributed by atoms with Gasteiger partial charge in [-0.25, -0.2) is 19.6 Å². The van der Waals surface area contributed by atoms with E-state index in [0.717, 1.165) is 28.3 Å². The lowest BCUT2D eigenvalue weighted by atomic mass is 9.98. The number of imidazole rings is 1. The lowest BCUT2D eigenvalue weighted by molar-refractivity contribution is -0.140. The molecule has 46 heavy (non-hydrogen) atoms. The summed E-state index contributed by atoms with van der Waals surface area (Å²) in [6.45, 7) is 3.45. The van der Waals surface area contributed by atoms with E-state index in [-0.39, 0.29) is 47.6 Å². The maximum absolute atomic E-state index is 13.4. The first-order valence-electron chi connectivity index (χ1n) is 14.5. The highest BCUT2D eigenvalue weighted by atomic mass is 19.4. The number of nitrogens with one attached hydrogen (secondary N) is 2. The zero-order chi connectivity index (χ0) is 32.6. The molecule has 5 aromatic rings. The van der Waals surface area contributed by atoms with Gasteiger partial charge in [-0.05, 0) is 60.4 Å². The monoisotopic (exact) mass is 630 g/mol. The predicted molar refractivity (Wildman–Crippen MR) is 163 cm³/mol. The third-order valence-corrected chi connectivity index (χ3v) is 7.90. The van der Waals surface area contributed by atoms with Crippen LogP contribution in [0.25, 0.3) is 33.4 Å². The van der Waals surface area contributed by atoms with Gasteiger partial charge < -0.3 is 24.5 Å². The molecule has 0 saturated heterocycles. The number of alkyl carbamates (subject to hydrolysis) is 1. The highest BCUT2D eigenvalue weighted by Crippen LogP contribution is 2.44. The largest absolute Gasteiger partial charge is 0.494 e. The van der Waals surface area contributed by atoms with Gasteiger partial charge in [0, 0.05) is 16.9 Å². The van der Waals surface area contributed by atoms with E-state index in [4.69, 9.17) is 14.2 Å². The van der Waals surface area contributed by atoms with Crippen molar-refractivity contribution in [2.45, 2.75) is 32.0 Å². The summed E-state index contributed by atoms with van der Waals surface area (Å²) in [6, 6.07) is 20.4. The number of H-pyrrole nitrogens is 1. The molecule has 0 aliphatic heterocycles. The molecule has 0 spiro atoms. The summed E-state index contributed by atoms with van der Waals surface area (Å²) in [6.07, 6.45) is -5.37. The minimum Gasteiger partial charge on any atom is -0.494 e. The Balaban J connectivity index is 1.27. The Kier molecular flexibility index (Phi) is 8.11. The van der Waals surface area contributed by atoms with Crippen LogP contribution in [0.3, 0.4) is 0 Å². The van der Waals surface area contributed by atoms with E-state index in [1.54, 1.807) is 19.9 Å². The van der Waals surface area contributed by atoms with Gasteiger partial charge in [0.15, 0.2) is 5.69 Å². The molecule has 0 fully saturated rings. The molecule has 236 valence electrons. The fourth-order valence-corrected chi connectivity index (χ4v) is 5.79. The number of aromatic amines is 1. The molecule has 6 rings (SSSR count). The summed E-state index contributed by atoms with van der Waals surface area (Å²) in [5, 5.41) is 3.06. The second-order valence-electron chi connectivity index (χ2n) is 10.7. The van der Waals surface area contributed by atoms with Crippen molar-refractivity contribution in [2.75, 3.05) is 20.3 Å². The second kappa shape index (κ2) is 12.2. The number of halogens is 3. The van der Waals surface area contributed by atoms with Crippen LogP contribution in [0.1, 0.15) is 58.8 Å². The summed E-state index contributed by atoms with van der Waals surface area (Å²) in [4.78, 5) is 37.3. The normalized spacial score (nSPS) is 13.2. The Morgan fingerprint density at radius 1 is 0.913 bits per heavy atom. The Labute approximate surface area is 261 Å². The highest BCUT2D eigenvalue weighted by molar-refractivity contribution is 5.98. The van der Waals surface area contributed by atoms with Crippen molar-refractivity contribution < 1.29 is 37.0 Å². The van der Waals surface area contributed by atoms with E-state index in [2.05, 4.69) is 20.3 Å². The van der Waals surface area contributed by atoms with Crippen molar-refractivity contribution in [3.8, 4) is 28.3 Å². The van der Waals surface area contributed by atoms with Crippen LogP contribution < -0.4 is 10.1 Å². The minimum absolute atomic E-state index is 0.0322. The first kappa shape index (κ1) is 30.6. The maximum Gasteiger partial charge on any atom is 0.433 e. The van der Waals surface area contributed by atoms with Crippen LogP contribution in [-0.4, -0.2) is 47.3 Å². The average molecular weight is 631 g/mol. The van der Waals surface area contributed by atoms with Crippen molar-refractivity contribution >= 4 is 23.0 Å². The van der Waals surface area contributed by atoms with Crippen molar-refractivity contribution in [3.63, 3.8) is 0 Å². The van der Waals surface area contributed by atoms with Crippen LogP contribution in [0.15, 0.2) is 72.8 Å². The number of aromatic nitrogens is 3. The van der Waals surface area contributed by atoms with E-state index >= 15 is 0 Å². The molecule has 0 bridgehead atoms. The number of esters is 1. The number of pyridine rings is 1. The van der Waals surface area contributed by atoms with E-state index in [9.17, 15) is 22.8 Å². The molecule has 12 heteroatoms. The number of alkyl halides is 3. The molecule has 9 nitrogen and oxygen atoms in total. The lowest BCUT2D eigenvalue weighted by Crippen LogP contribution is -2.30. The number of carbonyl (C=O) groups excluding carboxylic acids is 2. The molecule has 3 aromatic carbocycles. The van der Waals surface area contributed by atoms with Crippen LogP contribution in [0.2, 0.25) is 0 Å². The van der Waals surface area contributed by atoms with Gasteiger partial charge in [-0.1, -0.05) is 48.5 Å². The molecule has 0 unspecified atom stereocenters. The Morgan fingerprint density at radius 2 is 1.59 bits per heavy atom. The van der Waals surface area contributed by atoms with Crippen LogP contribution in [0.4, 0.5) is 18.0 Å². The minimum atomic E-state index is -4.66. The number of nitrogens with zero attached hydrogens (tertiary/aromatic N) is 2. The molecule has 2 N–H and O–H groups in total. The zero-order valence-electron chi connectivity index (χ0n) is 25.1. The summed E-state index contributed by atoms with van der Waals surface area (Å²) in [7, 11) is 1.33. The van der Waals surface area contributed by atoms with Gasteiger partial charge in [-0.3, -0.25) is 0 Å². The Morgan fingerprint density at radius 3 is 2.22 bits per heavy atom. The van der Waals surface area contributed by atoms with Crippen LogP contribution in [0.5, 0.6) is 5.75 Å². The number of ether oxygens (including phenoxy) is 3. The number of fused-ring (bicyclic) bond motifs is 4. The van der Waals surface area contributed by atoms with Crippen LogP contribution in [0, 0.1) is 0 Å². The fraction of sp³-hybridized carbons (Fsp3) is 0.235. The molecule has 0 saturated carbocycles. The van der Waals surface area contributed by atoms with Gasteiger partial charge in [0.25, 0.3) is 0 Å². The Bertz CT molecular complexity index is 1910. The van der Waals surface area contributed by atoms with Crippen LogP contribution >= 0.6 is 0 Å². The summed E-state index contributed by atoms with van der Waals surface area (Å²) >= 11 is 0. The van der Waals surface area contributed by atoms with Gasteiger partial charge in [0.1, 0.15) is 29.4 Å². The first-order valence-corrected chi connectivity index (χ1v) is 14.5. The third-order valence-electron chi connectivity index (χ3n) is 7.90.